The molecular formula is C15H29N2+. The predicted octanol–water partition coefficient (Wildman–Crippen LogP) is 3.89. The molecule has 0 aliphatic heterocycles. The lowest BCUT2D eigenvalue weighted by Crippen LogP contribution is -2.36. The Morgan fingerprint density at radius 1 is 1.12 bits per heavy atom. The largest absolute Gasteiger partial charge is 0.256 e. The Kier molecular flexibility index (Phi) is 6.31. The highest BCUT2D eigenvalue weighted by Crippen LogP contribution is 2.11. The molecule has 0 atom stereocenters. The van der Waals surface area contributed by atoms with Crippen LogP contribution in [0.4, 0.5) is 0 Å². The molecule has 0 amide bonds. The molecule has 1 rings (SSSR count). The maximum absolute atomic E-state index is 2.42. The van der Waals surface area contributed by atoms with Gasteiger partial charge in [0.2, 0.25) is 0 Å². The minimum atomic E-state index is 0.577. The zero-order chi connectivity index (χ0) is 12.7. The van der Waals surface area contributed by atoms with Crippen LogP contribution in [0.1, 0.15) is 71.7 Å². The number of hydrogen-bond donors (Lipinski definition) is 0. The second-order valence-corrected chi connectivity index (χ2v) is 5.17. The number of aryl methyl sites for hydroxylation is 1. The molecule has 1 aromatic heterocycles. The van der Waals surface area contributed by atoms with Gasteiger partial charge in [0, 0.05) is 6.42 Å². The average molecular weight is 237 g/mol. The SMILES string of the molecule is CCCCCCCc1n(C(C)C)cc[n+]1CC. The average Bonchev–Trinajstić information content (AvgIpc) is 2.72. The van der Waals surface area contributed by atoms with Gasteiger partial charge >= 0.3 is 0 Å². The molecule has 1 aromatic rings. The Labute approximate surface area is 107 Å². The summed E-state index contributed by atoms with van der Waals surface area (Å²) in [7, 11) is 0. The van der Waals surface area contributed by atoms with E-state index in [1.165, 1.54) is 44.3 Å². The van der Waals surface area contributed by atoms with Crippen LogP contribution in [-0.4, -0.2) is 4.57 Å². The first-order chi connectivity index (χ1) is 8.20. The summed E-state index contributed by atoms with van der Waals surface area (Å²) < 4.78 is 4.81. The quantitative estimate of drug-likeness (QED) is 0.479. The van der Waals surface area contributed by atoms with Gasteiger partial charge in [-0.15, -0.1) is 0 Å². The molecule has 0 spiro atoms. The van der Waals surface area contributed by atoms with Crippen LogP contribution in [-0.2, 0) is 13.0 Å². The molecule has 0 aromatic carbocycles. The van der Waals surface area contributed by atoms with Crippen molar-refractivity contribution >= 4 is 0 Å². The van der Waals surface area contributed by atoms with Gasteiger partial charge in [-0.05, 0) is 27.2 Å². The van der Waals surface area contributed by atoms with Crippen LogP contribution in [0.25, 0.3) is 0 Å². The first-order valence-corrected chi connectivity index (χ1v) is 7.29. The molecule has 0 radical (unpaired) electrons. The van der Waals surface area contributed by atoms with Gasteiger partial charge < -0.3 is 0 Å². The molecule has 2 heteroatoms. The van der Waals surface area contributed by atoms with E-state index in [9.17, 15) is 0 Å². The van der Waals surface area contributed by atoms with Gasteiger partial charge in [0.1, 0.15) is 12.4 Å². The van der Waals surface area contributed by atoms with E-state index in [-0.39, 0.29) is 0 Å². The van der Waals surface area contributed by atoms with E-state index in [2.05, 4.69) is 49.2 Å². The first kappa shape index (κ1) is 14.3. The van der Waals surface area contributed by atoms with Crippen LogP contribution < -0.4 is 4.57 Å². The van der Waals surface area contributed by atoms with Crippen LogP contribution >= 0.6 is 0 Å². The number of rotatable bonds is 8. The van der Waals surface area contributed by atoms with Crippen molar-refractivity contribution in [3.8, 4) is 0 Å². The molecule has 0 saturated heterocycles. The van der Waals surface area contributed by atoms with Crippen LogP contribution in [0.3, 0.4) is 0 Å². The lowest BCUT2D eigenvalue weighted by atomic mass is 10.1. The van der Waals surface area contributed by atoms with E-state index < -0.39 is 0 Å². The molecule has 0 aliphatic rings. The van der Waals surface area contributed by atoms with E-state index in [1.807, 2.05) is 0 Å². The Bertz CT molecular complexity index is 313. The van der Waals surface area contributed by atoms with Crippen molar-refractivity contribution in [2.24, 2.45) is 0 Å². The summed E-state index contributed by atoms with van der Waals surface area (Å²) >= 11 is 0. The van der Waals surface area contributed by atoms with Gasteiger partial charge in [0.05, 0.1) is 12.6 Å². The molecule has 98 valence electrons. The van der Waals surface area contributed by atoms with Gasteiger partial charge in [-0.3, -0.25) is 0 Å². The van der Waals surface area contributed by atoms with E-state index in [0.29, 0.717) is 6.04 Å². The van der Waals surface area contributed by atoms with Crippen LogP contribution in [0.15, 0.2) is 12.4 Å². The molecule has 0 N–H and O–H groups in total. The van der Waals surface area contributed by atoms with Crippen LogP contribution in [0.5, 0.6) is 0 Å². The Hall–Kier alpha value is -0.790. The van der Waals surface area contributed by atoms with Crippen molar-refractivity contribution in [2.45, 2.75) is 78.8 Å². The second kappa shape index (κ2) is 7.52. The highest BCUT2D eigenvalue weighted by atomic mass is 15.2. The second-order valence-electron chi connectivity index (χ2n) is 5.17. The fourth-order valence-electron chi connectivity index (χ4n) is 2.39. The molecule has 1 heterocycles. The topological polar surface area (TPSA) is 8.81 Å². The zero-order valence-electron chi connectivity index (χ0n) is 12.1. The van der Waals surface area contributed by atoms with Gasteiger partial charge in [-0.25, -0.2) is 9.13 Å². The molecule has 0 fully saturated rings. The third-order valence-electron chi connectivity index (χ3n) is 3.44. The van der Waals surface area contributed by atoms with Crippen molar-refractivity contribution in [3.05, 3.63) is 18.2 Å². The lowest BCUT2D eigenvalue weighted by molar-refractivity contribution is -0.700. The van der Waals surface area contributed by atoms with Gasteiger partial charge in [-0.2, -0.15) is 0 Å². The Morgan fingerprint density at radius 2 is 1.82 bits per heavy atom. The highest BCUT2D eigenvalue weighted by Gasteiger charge is 2.17. The van der Waals surface area contributed by atoms with Crippen molar-refractivity contribution in [1.29, 1.82) is 0 Å². The number of unbranched alkanes of at least 4 members (excludes halogenated alkanes) is 4. The summed E-state index contributed by atoms with van der Waals surface area (Å²) in [5.74, 6) is 1.50. The number of imidazole rings is 1. The number of nitrogens with zero attached hydrogens (tertiary/aromatic N) is 2. The first-order valence-electron chi connectivity index (χ1n) is 7.29. The minimum absolute atomic E-state index is 0.577. The Morgan fingerprint density at radius 3 is 2.41 bits per heavy atom. The standard InChI is InChI=1S/C15H29N2/c1-5-7-8-9-10-11-15-16(6-2)12-13-17(15)14(3)4/h12-14H,5-11H2,1-4H3/q+1. The summed E-state index contributed by atoms with van der Waals surface area (Å²) in [6.45, 7) is 10.1. The summed E-state index contributed by atoms with van der Waals surface area (Å²) in [5.41, 5.74) is 0. The molecule has 0 bridgehead atoms. The van der Waals surface area contributed by atoms with E-state index in [4.69, 9.17) is 0 Å². The zero-order valence-corrected chi connectivity index (χ0v) is 12.1. The molecule has 0 unspecified atom stereocenters. The summed E-state index contributed by atoms with van der Waals surface area (Å²) in [4.78, 5) is 0. The maximum atomic E-state index is 2.42. The van der Waals surface area contributed by atoms with Crippen molar-refractivity contribution in [1.82, 2.24) is 4.57 Å². The van der Waals surface area contributed by atoms with E-state index in [1.54, 1.807) is 0 Å². The van der Waals surface area contributed by atoms with Crippen LogP contribution in [0, 0.1) is 0 Å². The Balaban J connectivity index is 2.52. The van der Waals surface area contributed by atoms with Gasteiger partial charge in [0.25, 0.3) is 5.82 Å². The van der Waals surface area contributed by atoms with Gasteiger partial charge in [0.15, 0.2) is 0 Å². The monoisotopic (exact) mass is 237 g/mol. The van der Waals surface area contributed by atoms with Crippen molar-refractivity contribution in [3.63, 3.8) is 0 Å². The van der Waals surface area contributed by atoms with Crippen molar-refractivity contribution in [2.75, 3.05) is 0 Å². The molecule has 2 nitrogen and oxygen atoms in total. The summed E-state index contributed by atoms with van der Waals surface area (Å²) in [6.07, 6.45) is 12.5. The molecule has 0 aliphatic carbocycles. The molecule has 0 saturated carbocycles. The summed E-state index contributed by atoms with van der Waals surface area (Å²) in [5, 5.41) is 0. The number of aromatic nitrogens is 2. The lowest BCUT2D eigenvalue weighted by Gasteiger charge is -2.06. The van der Waals surface area contributed by atoms with E-state index >= 15 is 0 Å². The maximum Gasteiger partial charge on any atom is 0.256 e. The predicted molar refractivity (Wildman–Crippen MR) is 73.1 cm³/mol. The highest BCUT2D eigenvalue weighted by molar-refractivity contribution is 4.86. The molecule has 17 heavy (non-hydrogen) atoms. The number of hydrogen-bond acceptors (Lipinski definition) is 0. The normalized spacial score (nSPS) is 11.4. The smallest absolute Gasteiger partial charge is 0.235 e. The third kappa shape index (κ3) is 4.18. The fraction of sp³-hybridized carbons (Fsp3) is 0.800. The third-order valence-corrected chi connectivity index (χ3v) is 3.44. The van der Waals surface area contributed by atoms with Crippen molar-refractivity contribution < 1.29 is 4.57 Å². The molecular weight excluding hydrogens is 208 g/mol. The fourth-order valence-corrected chi connectivity index (χ4v) is 2.39. The summed E-state index contributed by atoms with van der Waals surface area (Å²) in [6, 6.07) is 0.577. The van der Waals surface area contributed by atoms with Gasteiger partial charge in [-0.1, -0.05) is 32.6 Å². The minimum Gasteiger partial charge on any atom is -0.235 e. The van der Waals surface area contributed by atoms with Crippen LogP contribution in [0.2, 0.25) is 0 Å². The van der Waals surface area contributed by atoms with E-state index in [0.717, 1.165) is 6.54 Å².